The summed E-state index contributed by atoms with van der Waals surface area (Å²) in [6.07, 6.45) is -1.37. The van der Waals surface area contributed by atoms with Gasteiger partial charge in [0.1, 0.15) is 22.7 Å². The molecule has 0 saturated carbocycles. The molecule has 0 aliphatic rings. The molecule has 0 aliphatic carbocycles. The van der Waals surface area contributed by atoms with Crippen LogP contribution in [0.15, 0.2) is 48.2 Å². The van der Waals surface area contributed by atoms with Crippen LogP contribution in [0.1, 0.15) is 11.3 Å². The zero-order valence-electron chi connectivity index (χ0n) is 15.2. The number of nitrogens with one attached hydrogen (secondary N) is 1. The summed E-state index contributed by atoms with van der Waals surface area (Å²) in [5.41, 5.74) is -0.0544. The fourth-order valence-corrected chi connectivity index (χ4v) is 3.81. The summed E-state index contributed by atoms with van der Waals surface area (Å²) in [6.45, 7) is 0.606. The average molecular weight is 452 g/mol. The highest BCUT2D eigenvalue weighted by molar-refractivity contribution is 7.17. The molecule has 1 N–H and O–H groups in total. The lowest BCUT2D eigenvalue weighted by atomic mass is 10.1. The first-order chi connectivity index (χ1) is 14.4. The van der Waals surface area contributed by atoms with Gasteiger partial charge in [-0.05, 0) is 30.2 Å². The summed E-state index contributed by atoms with van der Waals surface area (Å²) >= 11 is 7.65. The van der Waals surface area contributed by atoms with Crippen LogP contribution in [-0.4, -0.2) is 26.5 Å². The molecule has 3 heterocycles. The molecule has 0 amide bonds. The van der Waals surface area contributed by atoms with Crippen molar-refractivity contribution < 1.29 is 17.9 Å². The van der Waals surface area contributed by atoms with E-state index in [1.54, 1.807) is 12.1 Å². The number of halogens is 4. The molecule has 11 heteroatoms. The van der Waals surface area contributed by atoms with E-state index in [1.165, 1.54) is 17.7 Å². The third kappa shape index (κ3) is 4.60. The molecule has 30 heavy (non-hydrogen) atoms. The SMILES string of the molecule is FC(F)(F)c1ccnc(Oc2ccc(CCNc3ncnc4scc(Cl)c34)cc2)n1. The van der Waals surface area contributed by atoms with Crippen molar-refractivity contribution in [2.75, 3.05) is 11.9 Å². The predicted molar refractivity (Wildman–Crippen MR) is 108 cm³/mol. The van der Waals surface area contributed by atoms with Crippen LogP contribution in [0.5, 0.6) is 11.8 Å². The van der Waals surface area contributed by atoms with Crippen molar-refractivity contribution in [2.24, 2.45) is 0 Å². The molecule has 154 valence electrons. The summed E-state index contributed by atoms with van der Waals surface area (Å²) in [5.74, 6) is 1.02. The second-order valence-electron chi connectivity index (χ2n) is 6.13. The Hall–Kier alpha value is -2.98. The topological polar surface area (TPSA) is 72.8 Å². The summed E-state index contributed by atoms with van der Waals surface area (Å²) in [5, 5.41) is 6.48. The molecule has 0 unspecified atom stereocenters. The molecule has 0 saturated heterocycles. The van der Waals surface area contributed by atoms with E-state index in [4.69, 9.17) is 16.3 Å². The Bertz CT molecular complexity index is 1170. The number of fused-ring (bicyclic) bond motifs is 1. The summed E-state index contributed by atoms with van der Waals surface area (Å²) in [7, 11) is 0. The molecule has 0 radical (unpaired) electrons. The van der Waals surface area contributed by atoms with Crippen LogP contribution in [0, 0.1) is 0 Å². The van der Waals surface area contributed by atoms with E-state index in [-0.39, 0.29) is 6.01 Å². The molecule has 4 aromatic rings. The van der Waals surface area contributed by atoms with Gasteiger partial charge in [0.15, 0.2) is 5.69 Å². The van der Waals surface area contributed by atoms with Crippen LogP contribution in [0.3, 0.4) is 0 Å². The third-order valence-corrected chi connectivity index (χ3v) is 5.40. The number of benzene rings is 1. The molecule has 4 rings (SSSR count). The largest absolute Gasteiger partial charge is 0.433 e. The summed E-state index contributed by atoms with van der Waals surface area (Å²) in [4.78, 5) is 16.3. The second kappa shape index (κ2) is 8.41. The van der Waals surface area contributed by atoms with Gasteiger partial charge in [0, 0.05) is 18.1 Å². The van der Waals surface area contributed by atoms with E-state index in [2.05, 4.69) is 25.3 Å². The van der Waals surface area contributed by atoms with Crippen LogP contribution in [0.4, 0.5) is 19.0 Å². The number of alkyl halides is 3. The van der Waals surface area contributed by atoms with Gasteiger partial charge in [-0.1, -0.05) is 23.7 Å². The van der Waals surface area contributed by atoms with Crippen molar-refractivity contribution in [2.45, 2.75) is 12.6 Å². The molecule has 0 aliphatic heterocycles. The molecular weight excluding hydrogens is 439 g/mol. The van der Waals surface area contributed by atoms with E-state index in [1.807, 2.05) is 17.5 Å². The number of anilines is 1. The number of aromatic nitrogens is 4. The lowest BCUT2D eigenvalue weighted by Gasteiger charge is -2.09. The van der Waals surface area contributed by atoms with E-state index in [0.29, 0.717) is 29.6 Å². The first-order valence-electron chi connectivity index (χ1n) is 8.69. The Labute approximate surface area is 177 Å². The predicted octanol–water partition coefficient (Wildman–Crippen LogP) is 5.60. The lowest BCUT2D eigenvalue weighted by Crippen LogP contribution is -2.09. The smallest absolute Gasteiger partial charge is 0.424 e. The zero-order chi connectivity index (χ0) is 21.1. The van der Waals surface area contributed by atoms with Gasteiger partial charge in [0.25, 0.3) is 0 Å². The highest BCUT2D eigenvalue weighted by atomic mass is 35.5. The van der Waals surface area contributed by atoms with Crippen molar-refractivity contribution in [3.05, 3.63) is 64.5 Å². The Morgan fingerprint density at radius 1 is 1.07 bits per heavy atom. The minimum absolute atomic E-state index is 0.341. The van der Waals surface area contributed by atoms with Gasteiger partial charge >= 0.3 is 12.2 Å². The number of hydrogen-bond acceptors (Lipinski definition) is 7. The molecule has 6 nitrogen and oxygen atoms in total. The minimum atomic E-state index is -4.56. The monoisotopic (exact) mass is 451 g/mol. The molecule has 3 aromatic heterocycles. The van der Waals surface area contributed by atoms with Crippen LogP contribution < -0.4 is 10.1 Å². The van der Waals surface area contributed by atoms with Gasteiger partial charge in [-0.2, -0.15) is 18.2 Å². The molecule has 0 fully saturated rings. The van der Waals surface area contributed by atoms with Crippen LogP contribution >= 0.6 is 22.9 Å². The first kappa shape index (κ1) is 20.3. The zero-order valence-corrected chi connectivity index (χ0v) is 16.7. The van der Waals surface area contributed by atoms with Crippen molar-refractivity contribution in [1.82, 2.24) is 19.9 Å². The van der Waals surface area contributed by atoms with E-state index >= 15 is 0 Å². The number of thiophene rings is 1. The molecule has 1 aromatic carbocycles. The van der Waals surface area contributed by atoms with Gasteiger partial charge in [0.05, 0.1) is 10.4 Å². The first-order valence-corrected chi connectivity index (χ1v) is 9.94. The quantitative estimate of drug-likeness (QED) is 0.411. The van der Waals surface area contributed by atoms with Crippen LogP contribution in [-0.2, 0) is 12.6 Å². The fraction of sp³-hybridized carbons (Fsp3) is 0.158. The van der Waals surface area contributed by atoms with Crippen molar-refractivity contribution in [1.29, 1.82) is 0 Å². The maximum absolute atomic E-state index is 12.7. The van der Waals surface area contributed by atoms with Crippen molar-refractivity contribution in [3.8, 4) is 11.8 Å². The number of ether oxygens (including phenoxy) is 1. The van der Waals surface area contributed by atoms with Crippen molar-refractivity contribution in [3.63, 3.8) is 0 Å². The fourth-order valence-electron chi connectivity index (χ4n) is 2.68. The number of nitrogens with zero attached hydrogens (tertiary/aromatic N) is 4. The van der Waals surface area contributed by atoms with Crippen LogP contribution in [0.2, 0.25) is 5.02 Å². The lowest BCUT2D eigenvalue weighted by molar-refractivity contribution is -0.141. The summed E-state index contributed by atoms with van der Waals surface area (Å²) < 4.78 is 43.5. The second-order valence-corrected chi connectivity index (χ2v) is 7.40. The third-order valence-electron chi connectivity index (χ3n) is 4.09. The Kier molecular flexibility index (Phi) is 5.69. The highest BCUT2D eigenvalue weighted by Crippen LogP contribution is 2.32. The van der Waals surface area contributed by atoms with Gasteiger partial charge < -0.3 is 10.1 Å². The van der Waals surface area contributed by atoms with E-state index < -0.39 is 11.9 Å². The maximum atomic E-state index is 12.7. The van der Waals surface area contributed by atoms with Crippen molar-refractivity contribution >= 4 is 39.0 Å². The molecule has 0 bridgehead atoms. The standard InChI is InChI=1S/C19H13ClF3N5OS/c20-13-9-30-17-15(13)16(26-10-27-17)24-7-5-11-1-3-12(4-2-11)29-18-25-8-6-14(28-18)19(21,22)23/h1-4,6,8-10H,5,7H2,(H,24,26,27). The van der Waals surface area contributed by atoms with E-state index in [0.717, 1.165) is 28.0 Å². The van der Waals surface area contributed by atoms with Gasteiger partial charge in [-0.3, -0.25) is 0 Å². The summed E-state index contributed by atoms with van der Waals surface area (Å²) in [6, 6.07) is 7.36. The Balaban J connectivity index is 1.37. The maximum Gasteiger partial charge on any atom is 0.433 e. The minimum Gasteiger partial charge on any atom is -0.424 e. The molecular formula is C19H13ClF3N5OS. The van der Waals surface area contributed by atoms with Gasteiger partial charge in [-0.15, -0.1) is 11.3 Å². The normalized spacial score (nSPS) is 11.6. The number of hydrogen-bond donors (Lipinski definition) is 1. The molecule has 0 atom stereocenters. The highest BCUT2D eigenvalue weighted by Gasteiger charge is 2.33. The molecule has 0 spiro atoms. The van der Waals surface area contributed by atoms with E-state index in [9.17, 15) is 13.2 Å². The van der Waals surface area contributed by atoms with Gasteiger partial charge in [-0.25, -0.2) is 15.0 Å². The van der Waals surface area contributed by atoms with Gasteiger partial charge in [0.2, 0.25) is 0 Å². The number of rotatable bonds is 6. The Morgan fingerprint density at radius 3 is 2.63 bits per heavy atom. The average Bonchev–Trinajstić information content (AvgIpc) is 3.11. The van der Waals surface area contributed by atoms with Crippen LogP contribution in [0.25, 0.3) is 10.2 Å². The Morgan fingerprint density at radius 2 is 1.87 bits per heavy atom.